The van der Waals surface area contributed by atoms with Gasteiger partial charge in [0, 0.05) is 0 Å². The Balaban J connectivity index is 2.22. The smallest absolute Gasteiger partial charge is 0.119 e. The number of benzene rings is 2. The van der Waals surface area contributed by atoms with E-state index in [1.54, 1.807) is 7.11 Å². The Kier molecular flexibility index (Phi) is 5.24. The Labute approximate surface area is 130 Å². The Morgan fingerprint density at radius 2 is 1.65 bits per heavy atom. The molecule has 0 fully saturated rings. The second kappa shape index (κ2) is 6.94. The average molecular weight is 333 g/mol. The summed E-state index contributed by atoms with van der Waals surface area (Å²) in [5.74, 6) is 1.51. The van der Waals surface area contributed by atoms with Gasteiger partial charge in [0.1, 0.15) is 5.75 Å². The number of ether oxygens (including phenoxy) is 1. The summed E-state index contributed by atoms with van der Waals surface area (Å²) in [5, 5.41) is 0. The molecule has 0 N–H and O–H groups in total. The van der Waals surface area contributed by atoms with Crippen LogP contribution in [0.25, 0.3) is 0 Å². The Morgan fingerprint density at radius 1 is 1.00 bits per heavy atom. The summed E-state index contributed by atoms with van der Waals surface area (Å²) < 4.78 is 5.29. The first kappa shape index (κ1) is 15.1. The normalized spacial score (nSPS) is 13.8. The summed E-state index contributed by atoms with van der Waals surface area (Å²) in [6.07, 6.45) is 1.17. The van der Waals surface area contributed by atoms with E-state index in [0.717, 1.165) is 5.75 Å². The molecule has 0 spiro atoms. The highest BCUT2D eigenvalue weighted by atomic mass is 79.9. The van der Waals surface area contributed by atoms with Gasteiger partial charge in [-0.2, -0.15) is 0 Å². The number of methoxy groups -OCH3 is 1. The monoisotopic (exact) mass is 332 g/mol. The highest BCUT2D eigenvalue weighted by molar-refractivity contribution is 9.09. The SMILES string of the molecule is CCC(C)c1ccc(C(Br)c2cccc(OC)c2)cc1. The van der Waals surface area contributed by atoms with Gasteiger partial charge < -0.3 is 4.74 Å². The molecule has 2 aromatic carbocycles. The lowest BCUT2D eigenvalue weighted by molar-refractivity contribution is 0.414. The fraction of sp³-hybridized carbons (Fsp3) is 0.333. The highest BCUT2D eigenvalue weighted by Gasteiger charge is 2.11. The minimum Gasteiger partial charge on any atom is -0.497 e. The zero-order valence-electron chi connectivity index (χ0n) is 12.3. The largest absolute Gasteiger partial charge is 0.497 e. The first-order valence-corrected chi connectivity index (χ1v) is 7.95. The minimum absolute atomic E-state index is 0.198. The summed E-state index contributed by atoms with van der Waals surface area (Å²) in [6, 6.07) is 17.1. The van der Waals surface area contributed by atoms with E-state index in [0.29, 0.717) is 5.92 Å². The van der Waals surface area contributed by atoms with Gasteiger partial charge in [0.15, 0.2) is 0 Å². The quantitative estimate of drug-likeness (QED) is 0.639. The molecule has 1 nitrogen and oxygen atoms in total. The molecule has 0 aliphatic heterocycles. The molecule has 0 bridgehead atoms. The van der Waals surface area contributed by atoms with Crippen LogP contribution >= 0.6 is 15.9 Å². The minimum atomic E-state index is 0.198. The molecule has 0 saturated carbocycles. The first-order chi connectivity index (χ1) is 9.65. The topological polar surface area (TPSA) is 9.23 Å². The standard InChI is InChI=1S/C18H21BrO/c1-4-13(2)14-8-10-15(11-9-14)18(19)16-6-5-7-17(12-16)20-3/h5-13,18H,4H2,1-3H3. The molecule has 0 radical (unpaired) electrons. The summed E-state index contributed by atoms with van der Waals surface area (Å²) in [6.45, 7) is 4.49. The third kappa shape index (κ3) is 3.43. The number of halogens is 1. The van der Waals surface area contributed by atoms with Crippen LogP contribution in [0.1, 0.15) is 47.7 Å². The van der Waals surface area contributed by atoms with Crippen molar-refractivity contribution in [2.45, 2.75) is 31.0 Å². The predicted molar refractivity (Wildman–Crippen MR) is 88.9 cm³/mol. The van der Waals surface area contributed by atoms with Gasteiger partial charge in [-0.05, 0) is 41.2 Å². The van der Waals surface area contributed by atoms with Crippen LogP contribution in [0.4, 0.5) is 0 Å². The van der Waals surface area contributed by atoms with Crippen LogP contribution in [-0.4, -0.2) is 7.11 Å². The zero-order valence-corrected chi connectivity index (χ0v) is 13.9. The van der Waals surface area contributed by atoms with Gasteiger partial charge in [0.2, 0.25) is 0 Å². The third-order valence-electron chi connectivity index (χ3n) is 3.80. The van der Waals surface area contributed by atoms with Gasteiger partial charge in [-0.3, -0.25) is 0 Å². The van der Waals surface area contributed by atoms with E-state index in [4.69, 9.17) is 4.74 Å². The van der Waals surface area contributed by atoms with Crippen molar-refractivity contribution in [3.8, 4) is 5.75 Å². The second-order valence-electron chi connectivity index (χ2n) is 5.12. The van der Waals surface area contributed by atoms with Crippen molar-refractivity contribution in [2.75, 3.05) is 7.11 Å². The molecule has 0 aliphatic rings. The van der Waals surface area contributed by atoms with Crippen LogP contribution in [0, 0.1) is 0 Å². The van der Waals surface area contributed by atoms with Crippen LogP contribution in [0.3, 0.4) is 0 Å². The molecule has 0 saturated heterocycles. The third-order valence-corrected chi connectivity index (χ3v) is 4.85. The Hall–Kier alpha value is -1.28. The fourth-order valence-corrected chi connectivity index (χ4v) is 2.81. The molecule has 0 aliphatic carbocycles. The molecule has 2 rings (SSSR count). The zero-order chi connectivity index (χ0) is 14.5. The molecule has 106 valence electrons. The van der Waals surface area contributed by atoms with Crippen LogP contribution in [0.15, 0.2) is 48.5 Å². The van der Waals surface area contributed by atoms with E-state index >= 15 is 0 Å². The maximum Gasteiger partial charge on any atom is 0.119 e. The molecule has 2 unspecified atom stereocenters. The molecule has 2 aromatic rings. The summed E-state index contributed by atoms with van der Waals surface area (Å²) >= 11 is 3.78. The van der Waals surface area contributed by atoms with E-state index in [1.165, 1.54) is 23.1 Å². The summed E-state index contributed by atoms with van der Waals surface area (Å²) in [7, 11) is 1.70. The number of hydrogen-bond acceptors (Lipinski definition) is 1. The van der Waals surface area contributed by atoms with Crippen molar-refractivity contribution in [2.24, 2.45) is 0 Å². The van der Waals surface area contributed by atoms with E-state index in [1.807, 2.05) is 12.1 Å². The number of alkyl halides is 1. The molecule has 2 atom stereocenters. The first-order valence-electron chi connectivity index (χ1n) is 7.03. The molecular formula is C18H21BrO. The van der Waals surface area contributed by atoms with Crippen molar-refractivity contribution in [3.05, 3.63) is 65.2 Å². The molecular weight excluding hydrogens is 312 g/mol. The van der Waals surface area contributed by atoms with E-state index < -0.39 is 0 Å². The average Bonchev–Trinajstić information content (AvgIpc) is 2.53. The molecule has 0 heterocycles. The van der Waals surface area contributed by atoms with E-state index in [2.05, 4.69) is 66.2 Å². The van der Waals surface area contributed by atoms with Gasteiger partial charge in [0.05, 0.1) is 11.9 Å². The van der Waals surface area contributed by atoms with Crippen molar-refractivity contribution in [1.82, 2.24) is 0 Å². The van der Waals surface area contributed by atoms with Crippen molar-refractivity contribution in [1.29, 1.82) is 0 Å². The maximum absolute atomic E-state index is 5.29. The molecule has 0 amide bonds. The summed E-state index contributed by atoms with van der Waals surface area (Å²) in [4.78, 5) is 0.198. The molecule has 20 heavy (non-hydrogen) atoms. The van der Waals surface area contributed by atoms with Gasteiger partial charge in [0.25, 0.3) is 0 Å². The van der Waals surface area contributed by atoms with Crippen LogP contribution in [0.5, 0.6) is 5.75 Å². The Morgan fingerprint density at radius 3 is 2.25 bits per heavy atom. The molecule has 2 heteroatoms. The number of hydrogen-bond donors (Lipinski definition) is 0. The Bertz CT molecular complexity index is 548. The highest BCUT2D eigenvalue weighted by Crippen LogP contribution is 2.33. The second-order valence-corrected chi connectivity index (χ2v) is 6.03. The van der Waals surface area contributed by atoms with Crippen molar-refractivity contribution in [3.63, 3.8) is 0 Å². The van der Waals surface area contributed by atoms with Gasteiger partial charge in [-0.15, -0.1) is 0 Å². The van der Waals surface area contributed by atoms with Crippen LogP contribution < -0.4 is 4.74 Å². The predicted octanol–water partition coefficient (Wildman–Crippen LogP) is 5.69. The van der Waals surface area contributed by atoms with E-state index in [-0.39, 0.29) is 4.83 Å². The van der Waals surface area contributed by atoms with E-state index in [9.17, 15) is 0 Å². The lowest BCUT2D eigenvalue weighted by Gasteiger charge is -2.14. The lowest BCUT2D eigenvalue weighted by Crippen LogP contribution is -1.96. The van der Waals surface area contributed by atoms with Crippen LogP contribution in [0.2, 0.25) is 0 Å². The van der Waals surface area contributed by atoms with Gasteiger partial charge in [-0.1, -0.05) is 66.2 Å². The van der Waals surface area contributed by atoms with Crippen molar-refractivity contribution >= 4 is 15.9 Å². The molecule has 0 aromatic heterocycles. The van der Waals surface area contributed by atoms with Crippen LogP contribution in [-0.2, 0) is 0 Å². The fourth-order valence-electron chi connectivity index (χ4n) is 2.22. The van der Waals surface area contributed by atoms with Gasteiger partial charge in [-0.25, -0.2) is 0 Å². The van der Waals surface area contributed by atoms with Gasteiger partial charge >= 0.3 is 0 Å². The number of rotatable bonds is 5. The maximum atomic E-state index is 5.29. The van der Waals surface area contributed by atoms with Crippen molar-refractivity contribution < 1.29 is 4.74 Å². The lowest BCUT2D eigenvalue weighted by atomic mass is 9.96. The summed E-state index contributed by atoms with van der Waals surface area (Å²) in [5.41, 5.74) is 3.88.